The van der Waals surface area contributed by atoms with Crippen LogP contribution in [0.15, 0.2) is 103 Å². The Morgan fingerprint density at radius 1 is 0.784 bits per heavy atom. The lowest BCUT2D eigenvalue weighted by molar-refractivity contribution is -0.139. The molecule has 2 amide bonds. The van der Waals surface area contributed by atoms with Crippen LogP contribution in [0.25, 0.3) is 0 Å². The number of methoxy groups -OCH3 is 1. The Hall–Kier alpha value is -3.80. The summed E-state index contributed by atoms with van der Waals surface area (Å²) in [6.45, 7) is 0.214. The van der Waals surface area contributed by atoms with Crippen LogP contribution >= 0.6 is 23.2 Å². The van der Waals surface area contributed by atoms with Gasteiger partial charge in [0, 0.05) is 22.3 Å². The summed E-state index contributed by atoms with van der Waals surface area (Å²) in [5.41, 5.74) is 2.94. The molecule has 188 valence electrons. The number of rotatable bonds is 9. The van der Waals surface area contributed by atoms with E-state index in [0.29, 0.717) is 27.0 Å². The van der Waals surface area contributed by atoms with E-state index in [9.17, 15) is 9.59 Å². The Morgan fingerprint density at radius 3 is 1.97 bits per heavy atom. The van der Waals surface area contributed by atoms with Crippen molar-refractivity contribution in [3.8, 4) is 5.75 Å². The largest absolute Gasteiger partial charge is 0.497 e. The van der Waals surface area contributed by atoms with E-state index in [2.05, 4.69) is 5.32 Å². The van der Waals surface area contributed by atoms with E-state index in [0.717, 1.165) is 11.1 Å². The summed E-state index contributed by atoms with van der Waals surface area (Å²) in [5.74, 6) is 0.142. The number of anilines is 1. The fourth-order valence-electron chi connectivity index (χ4n) is 3.98. The Morgan fingerprint density at radius 2 is 1.38 bits per heavy atom. The molecule has 0 aliphatic carbocycles. The number of benzene rings is 4. The van der Waals surface area contributed by atoms with Crippen LogP contribution in [-0.4, -0.2) is 23.8 Å². The number of carbonyl (C=O) groups is 2. The molecular weight excluding hydrogens is 507 g/mol. The van der Waals surface area contributed by atoms with Crippen LogP contribution in [0.5, 0.6) is 5.75 Å². The van der Waals surface area contributed by atoms with Gasteiger partial charge in [-0.25, -0.2) is 0 Å². The van der Waals surface area contributed by atoms with Gasteiger partial charge in [-0.1, -0.05) is 77.8 Å². The first-order valence-electron chi connectivity index (χ1n) is 11.7. The molecule has 7 heteroatoms. The number of nitrogens with zero attached hydrogens (tertiary/aromatic N) is 1. The standard InChI is InChI=1S/C30H26Cl2N2O3/c1-37-27-17-15-26(16-18-27)33-30(36)29(23-9-13-25(32)14-10-23)34(20-22-7-11-24(31)12-8-22)28(35)19-21-5-3-2-4-6-21/h2-18,29H,19-20H2,1H3,(H,33,36). The summed E-state index contributed by atoms with van der Waals surface area (Å²) in [5, 5.41) is 4.09. The van der Waals surface area contributed by atoms with E-state index in [-0.39, 0.29) is 24.8 Å². The topological polar surface area (TPSA) is 58.6 Å². The van der Waals surface area contributed by atoms with E-state index in [1.54, 1.807) is 72.7 Å². The molecule has 4 rings (SSSR count). The predicted molar refractivity (Wildman–Crippen MR) is 148 cm³/mol. The van der Waals surface area contributed by atoms with E-state index >= 15 is 0 Å². The molecule has 0 heterocycles. The molecule has 0 saturated carbocycles. The van der Waals surface area contributed by atoms with Gasteiger partial charge in [-0.2, -0.15) is 0 Å². The maximum absolute atomic E-state index is 13.8. The molecular formula is C30H26Cl2N2O3. The lowest BCUT2D eigenvalue weighted by Gasteiger charge is -2.32. The van der Waals surface area contributed by atoms with Gasteiger partial charge in [-0.05, 0) is 65.2 Å². The van der Waals surface area contributed by atoms with Crippen LogP contribution in [0.2, 0.25) is 10.0 Å². The molecule has 0 radical (unpaired) electrons. The summed E-state index contributed by atoms with van der Waals surface area (Å²) >= 11 is 12.2. The highest BCUT2D eigenvalue weighted by molar-refractivity contribution is 6.30. The maximum Gasteiger partial charge on any atom is 0.251 e. The molecule has 4 aromatic carbocycles. The molecule has 0 fully saturated rings. The van der Waals surface area contributed by atoms with Crippen LogP contribution < -0.4 is 10.1 Å². The highest BCUT2D eigenvalue weighted by Crippen LogP contribution is 2.28. The van der Waals surface area contributed by atoms with Crippen molar-refractivity contribution in [1.29, 1.82) is 0 Å². The summed E-state index contributed by atoms with van der Waals surface area (Å²) in [6, 6.07) is 29.8. The molecule has 5 nitrogen and oxygen atoms in total. The predicted octanol–water partition coefficient (Wildman–Crippen LogP) is 6.95. The summed E-state index contributed by atoms with van der Waals surface area (Å²) in [6.07, 6.45) is 0.147. The molecule has 37 heavy (non-hydrogen) atoms. The number of ether oxygens (including phenoxy) is 1. The number of hydrogen-bond acceptors (Lipinski definition) is 3. The van der Waals surface area contributed by atoms with Crippen molar-refractivity contribution in [1.82, 2.24) is 4.90 Å². The van der Waals surface area contributed by atoms with Gasteiger partial charge in [0.25, 0.3) is 5.91 Å². The van der Waals surface area contributed by atoms with Gasteiger partial charge in [-0.15, -0.1) is 0 Å². The first kappa shape index (κ1) is 26.3. The zero-order valence-corrected chi connectivity index (χ0v) is 21.7. The summed E-state index contributed by atoms with van der Waals surface area (Å²) in [7, 11) is 1.58. The smallest absolute Gasteiger partial charge is 0.251 e. The maximum atomic E-state index is 13.8. The first-order chi connectivity index (χ1) is 17.9. The zero-order valence-electron chi connectivity index (χ0n) is 20.2. The molecule has 1 atom stereocenters. The lowest BCUT2D eigenvalue weighted by atomic mass is 10.0. The number of halogens is 2. The molecule has 1 N–H and O–H groups in total. The van der Waals surface area contributed by atoms with Crippen molar-refractivity contribution in [2.75, 3.05) is 12.4 Å². The highest BCUT2D eigenvalue weighted by atomic mass is 35.5. The summed E-state index contributed by atoms with van der Waals surface area (Å²) in [4.78, 5) is 29.2. The van der Waals surface area contributed by atoms with Crippen LogP contribution in [-0.2, 0) is 22.6 Å². The summed E-state index contributed by atoms with van der Waals surface area (Å²) < 4.78 is 5.22. The fraction of sp³-hybridized carbons (Fsp3) is 0.133. The average Bonchev–Trinajstić information content (AvgIpc) is 2.91. The van der Waals surface area contributed by atoms with Gasteiger partial charge in [-0.3, -0.25) is 9.59 Å². The fourth-order valence-corrected chi connectivity index (χ4v) is 4.24. The molecule has 4 aromatic rings. The van der Waals surface area contributed by atoms with Gasteiger partial charge < -0.3 is 15.0 Å². The van der Waals surface area contributed by atoms with Crippen molar-refractivity contribution in [3.63, 3.8) is 0 Å². The number of nitrogens with one attached hydrogen (secondary N) is 1. The molecule has 0 aromatic heterocycles. The minimum atomic E-state index is -0.911. The molecule has 0 saturated heterocycles. The lowest BCUT2D eigenvalue weighted by Crippen LogP contribution is -2.41. The zero-order chi connectivity index (χ0) is 26.2. The first-order valence-corrected chi connectivity index (χ1v) is 12.5. The Labute approximate surface area is 226 Å². The van der Waals surface area contributed by atoms with Gasteiger partial charge in [0.05, 0.1) is 13.5 Å². The van der Waals surface area contributed by atoms with Crippen molar-refractivity contribution in [2.45, 2.75) is 19.0 Å². The van der Waals surface area contributed by atoms with Gasteiger partial charge in [0.2, 0.25) is 5.91 Å². The number of amides is 2. The van der Waals surface area contributed by atoms with Crippen LogP contribution in [0.4, 0.5) is 5.69 Å². The molecule has 0 bridgehead atoms. The second kappa shape index (κ2) is 12.4. The second-order valence-corrected chi connectivity index (χ2v) is 9.36. The third kappa shape index (κ3) is 7.13. The van der Waals surface area contributed by atoms with Crippen LogP contribution in [0.1, 0.15) is 22.7 Å². The van der Waals surface area contributed by atoms with Crippen LogP contribution in [0, 0.1) is 0 Å². The molecule has 1 unspecified atom stereocenters. The Balaban J connectivity index is 1.72. The Bertz CT molecular complexity index is 1330. The van der Waals surface area contributed by atoms with Crippen molar-refractivity contribution >= 4 is 40.7 Å². The second-order valence-electron chi connectivity index (χ2n) is 8.48. The normalized spacial score (nSPS) is 11.4. The average molecular weight is 533 g/mol. The minimum absolute atomic E-state index is 0.147. The quantitative estimate of drug-likeness (QED) is 0.253. The van der Waals surface area contributed by atoms with Crippen molar-refractivity contribution in [3.05, 3.63) is 130 Å². The third-order valence-corrected chi connectivity index (χ3v) is 6.39. The van der Waals surface area contributed by atoms with Crippen LogP contribution in [0.3, 0.4) is 0 Å². The molecule has 0 aliphatic heterocycles. The van der Waals surface area contributed by atoms with Gasteiger partial charge in [0.15, 0.2) is 0 Å². The van der Waals surface area contributed by atoms with Gasteiger partial charge >= 0.3 is 0 Å². The Kier molecular flexibility index (Phi) is 8.83. The van der Waals surface area contributed by atoms with E-state index in [4.69, 9.17) is 27.9 Å². The van der Waals surface area contributed by atoms with Gasteiger partial charge in [0.1, 0.15) is 11.8 Å². The minimum Gasteiger partial charge on any atom is -0.497 e. The highest BCUT2D eigenvalue weighted by Gasteiger charge is 2.32. The van der Waals surface area contributed by atoms with E-state index < -0.39 is 6.04 Å². The molecule has 0 aliphatic rings. The van der Waals surface area contributed by atoms with Crippen molar-refractivity contribution in [2.24, 2.45) is 0 Å². The number of hydrogen-bond donors (Lipinski definition) is 1. The monoisotopic (exact) mass is 532 g/mol. The SMILES string of the molecule is COc1ccc(NC(=O)C(c2ccc(Cl)cc2)N(Cc2ccc(Cl)cc2)C(=O)Cc2ccccc2)cc1. The van der Waals surface area contributed by atoms with E-state index in [1.165, 1.54) is 0 Å². The molecule has 0 spiro atoms. The number of carbonyl (C=O) groups excluding carboxylic acids is 2. The van der Waals surface area contributed by atoms with Crippen molar-refractivity contribution < 1.29 is 14.3 Å². The van der Waals surface area contributed by atoms with E-state index in [1.807, 2.05) is 42.5 Å². The third-order valence-electron chi connectivity index (χ3n) is 5.89.